The van der Waals surface area contributed by atoms with Gasteiger partial charge in [0.1, 0.15) is 0 Å². The summed E-state index contributed by atoms with van der Waals surface area (Å²) in [6.45, 7) is 0. The van der Waals surface area contributed by atoms with E-state index >= 15 is 0 Å². The first kappa shape index (κ1) is 20.0. The first-order valence-corrected chi connectivity index (χ1v) is 12.2. The van der Waals surface area contributed by atoms with Gasteiger partial charge in [-0.2, -0.15) is 4.55 Å². The molecule has 0 unspecified atom stereocenters. The summed E-state index contributed by atoms with van der Waals surface area (Å²) in [5, 5.41) is 5.34. The lowest BCUT2D eigenvalue weighted by atomic mass is 10.4. The highest BCUT2D eigenvalue weighted by Gasteiger charge is 2.30. The molecule has 4 heteroatoms. The number of rotatable bonds is 7. The third-order valence-corrected chi connectivity index (χ3v) is 9.96. The molecule has 0 heterocycles. The lowest BCUT2D eigenvalue weighted by Crippen LogP contribution is -2.38. The molecule has 0 aliphatic heterocycles. The van der Waals surface area contributed by atoms with Gasteiger partial charge < -0.3 is 0 Å². The van der Waals surface area contributed by atoms with Gasteiger partial charge in [-0.05, 0) is 28.3 Å². The normalized spacial score (nSPS) is 11.3. The molecule has 0 aliphatic carbocycles. The second kappa shape index (κ2) is 9.92. The minimum atomic E-state index is -0.750. The number of hydrazine groups is 1. The average molecular weight is 414 g/mol. The molecule has 0 aromatic heterocycles. The van der Waals surface area contributed by atoms with Gasteiger partial charge in [0.2, 0.25) is 0 Å². The predicted molar refractivity (Wildman–Crippen MR) is 129 cm³/mol. The van der Waals surface area contributed by atoms with E-state index in [0.717, 1.165) is 0 Å². The fourth-order valence-corrected chi connectivity index (χ4v) is 8.95. The standard InChI is InChI=1S/C25H24N2P2/c1-26-27(28(22-14-6-2-7-15-22)23-16-8-3-9-17-23)29(24-18-10-4-11-19-24)25-20-12-5-13-21-25/h2-21,26H,1H3. The molecular formula is C25H24N2P2. The van der Waals surface area contributed by atoms with E-state index in [-0.39, 0.29) is 0 Å². The highest BCUT2D eigenvalue weighted by molar-refractivity contribution is 7.84. The average Bonchev–Trinajstić information content (AvgIpc) is 2.81. The Morgan fingerprint density at radius 2 is 0.690 bits per heavy atom. The smallest absolute Gasteiger partial charge is 0.0486 e. The zero-order valence-corrected chi connectivity index (χ0v) is 18.2. The Hall–Kier alpha value is -2.34. The number of nitrogens with one attached hydrogen (secondary N) is 1. The summed E-state index contributed by atoms with van der Waals surface area (Å²) in [5.41, 5.74) is 3.59. The van der Waals surface area contributed by atoms with Gasteiger partial charge in [0.05, 0.1) is 0 Å². The molecule has 2 nitrogen and oxygen atoms in total. The van der Waals surface area contributed by atoms with Gasteiger partial charge in [0.15, 0.2) is 0 Å². The van der Waals surface area contributed by atoms with Crippen molar-refractivity contribution in [3.05, 3.63) is 121 Å². The van der Waals surface area contributed by atoms with Crippen LogP contribution < -0.4 is 26.6 Å². The summed E-state index contributed by atoms with van der Waals surface area (Å²) in [6.07, 6.45) is 0. The van der Waals surface area contributed by atoms with Crippen LogP contribution in [0, 0.1) is 0 Å². The van der Waals surface area contributed by atoms with Crippen molar-refractivity contribution >= 4 is 37.4 Å². The maximum atomic E-state index is 3.59. The highest BCUT2D eigenvalue weighted by atomic mass is 31.2. The Kier molecular flexibility index (Phi) is 6.83. The van der Waals surface area contributed by atoms with E-state index in [1.165, 1.54) is 21.2 Å². The van der Waals surface area contributed by atoms with Crippen molar-refractivity contribution in [2.24, 2.45) is 0 Å². The molecule has 4 aromatic rings. The van der Waals surface area contributed by atoms with Gasteiger partial charge in [-0.3, -0.25) is 5.43 Å². The number of benzene rings is 4. The molecule has 29 heavy (non-hydrogen) atoms. The van der Waals surface area contributed by atoms with Crippen LogP contribution in [0.4, 0.5) is 0 Å². The van der Waals surface area contributed by atoms with Crippen molar-refractivity contribution in [1.82, 2.24) is 9.98 Å². The molecule has 0 saturated carbocycles. The highest BCUT2D eigenvalue weighted by Crippen LogP contribution is 2.52. The Balaban J connectivity index is 1.88. The molecule has 0 aliphatic rings. The number of nitrogens with zero attached hydrogens (tertiary/aromatic N) is 1. The number of hydrogen-bond acceptors (Lipinski definition) is 2. The van der Waals surface area contributed by atoms with Gasteiger partial charge in [-0.15, -0.1) is 0 Å². The van der Waals surface area contributed by atoms with Gasteiger partial charge in [-0.1, -0.05) is 121 Å². The molecular weight excluding hydrogens is 390 g/mol. The van der Waals surface area contributed by atoms with Crippen molar-refractivity contribution in [2.75, 3.05) is 7.05 Å². The SMILES string of the molecule is CNN(P(c1ccccc1)c1ccccc1)P(c1ccccc1)c1ccccc1. The number of hydrogen-bond donors (Lipinski definition) is 1. The molecule has 0 radical (unpaired) electrons. The van der Waals surface area contributed by atoms with Crippen molar-refractivity contribution in [1.29, 1.82) is 0 Å². The maximum Gasteiger partial charge on any atom is 0.0486 e. The van der Waals surface area contributed by atoms with Crippen LogP contribution in [-0.2, 0) is 0 Å². The molecule has 0 amide bonds. The van der Waals surface area contributed by atoms with Gasteiger partial charge in [0.25, 0.3) is 0 Å². The van der Waals surface area contributed by atoms with Crippen LogP contribution in [-0.4, -0.2) is 11.6 Å². The van der Waals surface area contributed by atoms with Gasteiger partial charge >= 0.3 is 0 Å². The van der Waals surface area contributed by atoms with Crippen LogP contribution in [0.3, 0.4) is 0 Å². The molecule has 0 bridgehead atoms. The Bertz CT molecular complexity index is 834. The van der Waals surface area contributed by atoms with Crippen LogP contribution in [0.5, 0.6) is 0 Å². The second-order valence-corrected chi connectivity index (χ2v) is 10.9. The Morgan fingerprint density at radius 1 is 0.448 bits per heavy atom. The molecule has 0 fully saturated rings. The van der Waals surface area contributed by atoms with Crippen molar-refractivity contribution < 1.29 is 0 Å². The van der Waals surface area contributed by atoms with E-state index in [1.54, 1.807) is 0 Å². The van der Waals surface area contributed by atoms with E-state index in [9.17, 15) is 0 Å². The molecule has 4 rings (SSSR count). The van der Waals surface area contributed by atoms with Crippen LogP contribution in [0.2, 0.25) is 0 Å². The minimum absolute atomic E-state index is 0.750. The van der Waals surface area contributed by atoms with E-state index < -0.39 is 16.1 Å². The van der Waals surface area contributed by atoms with Crippen molar-refractivity contribution in [3.63, 3.8) is 0 Å². The quantitative estimate of drug-likeness (QED) is 0.353. The van der Waals surface area contributed by atoms with E-state index in [0.29, 0.717) is 0 Å². The first-order valence-electron chi connectivity index (χ1n) is 9.66. The summed E-state index contributed by atoms with van der Waals surface area (Å²) in [7, 11) is 0.544. The van der Waals surface area contributed by atoms with E-state index in [4.69, 9.17) is 0 Å². The molecule has 1 N–H and O–H groups in total. The van der Waals surface area contributed by atoms with Crippen molar-refractivity contribution in [3.8, 4) is 0 Å². The Morgan fingerprint density at radius 3 is 0.897 bits per heavy atom. The summed E-state index contributed by atoms with van der Waals surface area (Å²) >= 11 is 0. The van der Waals surface area contributed by atoms with Gasteiger partial charge in [0, 0.05) is 16.1 Å². The third-order valence-electron chi connectivity index (χ3n) is 4.58. The topological polar surface area (TPSA) is 15.3 Å². The third kappa shape index (κ3) is 4.64. The predicted octanol–water partition coefficient (Wildman–Crippen LogP) is 4.52. The molecule has 144 valence electrons. The fourth-order valence-electron chi connectivity index (χ4n) is 3.30. The lowest BCUT2D eigenvalue weighted by Gasteiger charge is -2.38. The zero-order chi connectivity index (χ0) is 19.9. The molecule has 0 spiro atoms. The summed E-state index contributed by atoms with van der Waals surface area (Å²) < 4.78 is 2.49. The maximum absolute atomic E-state index is 3.59. The van der Waals surface area contributed by atoms with E-state index in [1.807, 2.05) is 7.05 Å². The monoisotopic (exact) mass is 414 g/mol. The van der Waals surface area contributed by atoms with Crippen LogP contribution in [0.1, 0.15) is 0 Å². The Labute approximate surface area is 175 Å². The van der Waals surface area contributed by atoms with Crippen molar-refractivity contribution in [2.45, 2.75) is 0 Å². The fraction of sp³-hybridized carbons (Fsp3) is 0.0400. The minimum Gasteiger partial charge on any atom is -0.250 e. The molecule has 0 saturated heterocycles. The first-order chi connectivity index (χ1) is 14.4. The van der Waals surface area contributed by atoms with Crippen LogP contribution in [0.15, 0.2) is 121 Å². The lowest BCUT2D eigenvalue weighted by molar-refractivity contribution is 0.592. The summed E-state index contributed by atoms with van der Waals surface area (Å²) in [6, 6.07) is 43.4. The van der Waals surface area contributed by atoms with E-state index in [2.05, 4.69) is 131 Å². The molecule has 4 aromatic carbocycles. The molecule has 0 atom stereocenters. The van der Waals surface area contributed by atoms with Crippen LogP contribution in [0.25, 0.3) is 0 Å². The van der Waals surface area contributed by atoms with Gasteiger partial charge in [-0.25, -0.2) is 0 Å². The second-order valence-electron chi connectivity index (χ2n) is 6.48. The zero-order valence-electron chi connectivity index (χ0n) is 16.4. The largest absolute Gasteiger partial charge is 0.250 e. The summed E-state index contributed by atoms with van der Waals surface area (Å²) in [5.74, 6) is 0. The van der Waals surface area contributed by atoms with Crippen LogP contribution >= 0.6 is 16.1 Å². The summed E-state index contributed by atoms with van der Waals surface area (Å²) in [4.78, 5) is 0.